The molecule has 6 aromatic rings. The van der Waals surface area contributed by atoms with Crippen molar-refractivity contribution in [1.29, 1.82) is 0 Å². The highest BCUT2D eigenvalue weighted by Gasteiger charge is 2.27. The Labute approximate surface area is 290 Å². The molecule has 0 spiro atoms. The summed E-state index contributed by atoms with van der Waals surface area (Å²) in [6, 6.07) is 18.8. The molecule has 1 N–H and O–H groups in total. The van der Waals surface area contributed by atoms with E-state index in [-0.39, 0.29) is 6.42 Å². The number of rotatable bonds is 6. The minimum atomic E-state index is -0.959. The number of hydrogen-bond acceptors (Lipinski definition) is 5. The average molecular weight is 670 g/mol. The van der Waals surface area contributed by atoms with E-state index in [2.05, 4.69) is 65.8 Å². The summed E-state index contributed by atoms with van der Waals surface area (Å²) in [6.07, 6.45) is 4.06. The lowest BCUT2D eigenvalue weighted by atomic mass is 9.87. The molecule has 0 saturated heterocycles. The Kier molecular flexibility index (Phi) is 7.73. The van der Waals surface area contributed by atoms with Gasteiger partial charge < -0.3 is 23.9 Å². The molecule has 50 heavy (non-hydrogen) atoms. The number of nitrogens with zero attached hydrogens (tertiary/aromatic N) is 5. The monoisotopic (exact) mass is 669 g/mol. The van der Waals surface area contributed by atoms with Gasteiger partial charge in [0.25, 0.3) is 0 Å². The third-order valence-corrected chi connectivity index (χ3v) is 10.6. The molecule has 0 bridgehead atoms. The number of hydrogen-bond donors (Lipinski definition) is 1. The molecule has 0 fully saturated rings. The molecule has 0 unspecified atom stereocenters. The van der Waals surface area contributed by atoms with Gasteiger partial charge in [-0.25, -0.2) is 14.4 Å². The van der Waals surface area contributed by atoms with Crippen LogP contribution in [-0.4, -0.2) is 43.3 Å². The zero-order valence-corrected chi connectivity index (χ0v) is 29.1. The van der Waals surface area contributed by atoms with Crippen LogP contribution in [-0.2, 0) is 37.6 Å². The highest BCUT2D eigenvalue weighted by Crippen LogP contribution is 2.43. The van der Waals surface area contributed by atoms with Crippen LogP contribution in [0.3, 0.4) is 0 Å². The predicted octanol–water partition coefficient (Wildman–Crippen LogP) is 7.98. The molecule has 0 aliphatic carbocycles. The van der Waals surface area contributed by atoms with E-state index in [1.807, 2.05) is 37.7 Å². The van der Waals surface area contributed by atoms with Crippen molar-refractivity contribution in [3.05, 3.63) is 112 Å². The van der Waals surface area contributed by atoms with Crippen molar-refractivity contribution >= 4 is 22.8 Å². The quantitative estimate of drug-likeness (QED) is 0.194. The number of anilines is 1. The smallest absolute Gasteiger partial charge is 0.307 e. The third kappa shape index (κ3) is 5.23. The molecule has 6 heterocycles. The van der Waals surface area contributed by atoms with Gasteiger partial charge in [-0.1, -0.05) is 6.07 Å². The van der Waals surface area contributed by atoms with Crippen molar-refractivity contribution in [2.24, 2.45) is 7.05 Å². The van der Waals surface area contributed by atoms with Gasteiger partial charge in [0, 0.05) is 65.6 Å². The maximum absolute atomic E-state index is 15.6. The van der Waals surface area contributed by atoms with Crippen LogP contribution in [0.4, 0.5) is 10.2 Å². The molecule has 2 aliphatic rings. The molecule has 0 atom stereocenters. The normalized spacial score (nSPS) is 14.1. The summed E-state index contributed by atoms with van der Waals surface area (Å²) in [5.41, 5.74) is 13.3. The maximum Gasteiger partial charge on any atom is 0.307 e. The lowest BCUT2D eigenvalue weighted by Crippen LogP contribution is -2.31. The first-order valence-electron chi connectivity index (χ1n) is 17.2. The molecular formula is C41H40FN5O3. The number of carboxylic acid groups (broad SMARTS) is 1. The largest absolute Gasteiger partial charge is 0.490 e. The van der Waals surface area contributed by atoms with Gasteiger partial charge in [-0.05, 0) is 129 Å². The molecule has 2 aliphatic heterocycles. The molecule has 2 aromatic carbocycles. The maximum atomic E-state index is 15.6. The SMILES string of the molecule is Cc1nc2c(cc(-c3ccnc(N4CCc5cc(-n6c(C)ccc6C)ccc5C4)c3)n2C)c(-c2cc(F)c3c(c2C)CCCO3)c1CC(=O)O. The van der Waals surface area contributed by atoms with E-state index in [0.29, 0.717) is 46.8 Å². The van der Waals surface area contributed by atoms with Gasteiger partial charge in [0.1, 0.15) is 11.5 Å². The van der Waals surface area contributed by atoms with E-state index in [9.17, 15) is 9.90 Å². The lowest BCUT2D eigenvalue weighted by molar-refractivity contribution is -0.136. The van der Waals surface area contributed by atoms with Crippen LogP contribution in [0, 0.1) is 33.5 Å². The highest BCUT2D eigenvalue weighted by molar-refractivity contribution is 6.01. The van der Waals surface area contributed by atoms with E-state index in [0.717, 1.165) is 59.5 Å². The van der Waals surface area contributed by atoms with Crippen molar-refractivity contribution in [2.45, 2.75) is 59.9 Å². The van der Waals surface area contributed by atoms with Crippen LogP contribution < -0.4 is 9.64 Å². The first kappa shape index (κ1) is 31.8. The summed E-state index contributed by atoms with van der Waals surface area (Å²) in [5.74, 6) is -0.181. The van der Waals surface area contributed by atoms with Gasteiger partial charge in [0.15, 0.2) is 11.6 Å². The minimum Gasteiger partial charge on any atom is -0.490 e. The molecular weight excluding hydrogens is 629 g/mol. The van der Waals surface area contributed by atoms with Crippen LogP contribution in [0.15, 0.2) is 60.8 Å². The number of aryl methyl sites for hydroxylation is 4. The fourth-order valence-electron chi connectivity index (χ4n) is 8.05. The second-order valence-corrected chi connectivity index (χ2v) is 13.7. The molecule has 0 amide bonds. The summed E-state index contributed by atoms with van der Waals surface area (Å²) >= 11 is 0. The van der Waals surface area contributed by atoms with Gasteiger partial charge in [0.05, 0.1) is 18.7 Å². The van der Waals surface area contributed by atoms with Crippen molar-refractivity contribution in [2.75, 3.05) is 18.1 Å². The number of fused-ring (bicyclic) bond motifs is 3. The molecule has 0 radical (unpaired) electrons. The number of ether oxygens (including phenoxy) is 1. The number of pyridine rings is 2. The zero-order valence-electron chi connectivity index (χ0n) is 29.1. The fraction of sp³-hybridized carbons (Fsp3) is 0.293. The first-order valence-corrected chi connectivity index (χ1v) is 17.2. The van der Waals surface area contributed by atoms with E-state index >= 15 is 4.39 Å². The van der Waals surface area contributed by atoms with Crippen LogP contribution >= 0.6 is 0 Å². The van der Waals surface area contributed by atoms with Crippen molar-refractivity contribution in [3.8, 4) is 33.8 Å². The van der Waals surface area contributed by atoms with Gasteiger partial charge in [-0.15, -0.1) is 0 Å². The minimum absolute atomic E-state index is 0.217. The van der Waals surface area contributed by atoms with Crippen LogP contribution in [0.25, 0.3) is 39.1 Å². The number of halogens is 1. The molecule has 0 saturated carbocycles. The van der Waals surface area contributed by atoms with Crippen molar-refractivity contribution in [3.63, 3.8) is 0 Å². The number of carboxylic acids is 1. The van der Waals surface area contributed by atoms with Crippen LogP contribution in [0.2, 0.25) is 0 Å². The highest BCUT2D eigenvalue weighted by atomic mass is 19.1. The number of benzene rings is 2. The fourth-order valence-corrected chi connectivity index (χ4v) is 8.05. The Balaban J connectivity index is 1.19. The number of aliphatic carboxylic acids is 1. The van der Waals surface area contributed by atoms with Crippen molar-refractivity contribution in [1.82, 2.24) is 19.1 Å². The Morgan fingerprint density at radius 2 is 1.78 bits per heavy atom. The lowest BCUT2D eigenvalue weighted by Gasteiger charge is -2.30. The standard InChI is InChI=1S/C41H40FN5O3/c1-23-8-9-24(2)47(23)30-11-10-29-22-46(15-13-27(29)17-30)37-18-28(12-14-43-37)36-20-34-39(33(21-38(48)49)26(4)44-41(34)45(36)5)32-19-35(42)40-31(25(32)3)7-6-16-50-40/h8-12,14,17-20H,6-7,13,15-16,21-22H2,1-5H3,(H,48,49). The predicted molar refractivity (Wildman–Crippen MR) is 194 cm³/mol. The second-order valence-electron chi connectivity index (χ2n) is 13.7. The van der Waals surface area contributed by atoms with Crippen LogP contribution in [0.1, 0.15) is 51.3 Å². The molecule has 254 valence electrons. The average Bonchev–Trinajstić information content (AvgIpc) is 3.63. The third-order valence-electron chi connectivity index (χ3n) is 10.6. The molecule has 4 aromatic heterocycles. The number of carbonyl (C=O) groups is 1. The van der Waals surface area contributed by atoms with Crippen molar-refractivity contribution < 1.29 is 19.0 Å². The Hall–Kier alpha value is -5.44. The summed E-state index contributed by atoms with van der Waals surface area (Å²) < 4.78 is 25.7. The van der Waals surface area contributed by atoms with Crippen LogP contribution in [0.5, 0.6) is 5.75 Å². The van der Waals surface area contributed by atoms with Gasteiger partial charge >= 0.3 is 5.97 Å². The van der Waals surface area contributed by atoms with E-state index in [1.165, 1.54) is 34.3 Å². The van der Waals surface area contributed by atoms with E-state index in [1.54, 1.807) is 0 Å². The topological polar surface area (TPSA) is 85.4 Å². The van der Waals surface area contributed by atoms with Gasteiger partial charge in [-0.3, -0.25) is 4.79 Å². The second kappa shape index (κ2) is 12.2. The molecule has 8 nitrogen and oxygen atoms in total. The van der Waals surface area contributed by atoms with Gasteiger partial charge in [0.2, 0.25) is 0 Å². The summed E-state index contributed by atoms with van der Waals surface area (Å²) in [6.45, 7) is 10.2. The first-order chi connectivity index (χ1) is 24.1. The zero-order chi connectivity index (χ0) is 34.8. The Bertz CT molecular complexity index is 2330. The van der Waals surface area contributed by atoms with Gasteiger partial charge in [-0.2, -0.15) is 0 Å². The van der Waals surface area contributed by atoms with E-state index in [4.69, 9.17) is 14.7 Å². The molecule has 9 heteroatoms. The number of aromatic nitrogens is 4. The Morgan fingerprint density at radius 3 is 2.56 bits per heavy atom. The summed E-state index contributed by atoms with van der Waals surface area (Å²) in [5, 5.41) is 10.7. The summed E-state index contributed by atoms with van der Waals surface area (Å²) in [4.78, 5) is 24.2. The van der Waals surface area contributed by atoms with E-state index < -0.39 is 11.8 Å². The summed E-state index contributed by atoms with van der Waals surface area (Å²) in [7, 11) is 1.97. The molecule has 8 rings (SSSR count). The Morgan fingerprint density at radius 1 is 0.980 bits per heavy atom.